The zero-order valence-electron chi connectivity index (χ0n) is 31.7. The van der Waals surface area contributed by atoms with Gasteiger partial charge in [-0.1, -0.05) is 187 Å². The number of phosphoric ester groups is 1. The zero-order valence-corrected chi connectivity index (χ0v) is 32.6. The van der Waals surface area contributed by atoms with Gasteiger partial charge in [0.05, 0.1) is 19.8 Å². The van der Waals surface area contributed by atoms with Crippen LogP contribution < -0.4 is 5.73 Å². The summed E-state index contributed by atoms with van der Waals surface area (Å²) in [6.45, 7) is 4.95. The summed E-state index contributed by atoms with van der Waals surface area (Å²) in [6.07, 6.45) is 37.0. The maximum Gasteiger partial charge on any atom is 0.472 e. The molecular formula is C39H80NO7P. The van der Waals surface area contributed by atoms with Crippen LogP contribution >= 0.6 is 7.82 Å². The first-order valence-corrected chi connectivity index (χ1v) is 22.0. The molecule has 3 N–H and O–H groups in total. The second-order valence-corrected chi connectivity index (χ2v) is 15.3. The molecule has 0 aliphatic heterocycles. The fourth-order valence-corrected chi connectivity index (χ4v) is 6.76. The van der Waals surface area contributed by atoms with Crippen LogP contribution in [0.25, 0.3) is 0 Å². The topological polar surface area (TPSA) is 117 Å². The first kappa shape index (κ1) is 47.5. The van der Waals surface area contributed by atoms with E-state index in [1.165, 1.54) is 154 Å². The first-order chi connectivity index (χ1) is 23.4. The Balaban J connectivity index is 3.89. The van der Waals surface area contributed by atoms with Crippen LogP contribution in [-0.4, -0.2) is 49.9 Å². The fraction of sp³-hybridized carbons (Fsp3) is 0.974. The van der Waals surface area contributed by atoms with Crippen molar-refractivity contribution >= 4 is 13.8 Å². The summed E-state index contributed by atoms with van der Waals surface area (Å²) >= 11 is 0. The molecule has 0 aromatic rings. The van der Waals surface area contributed by atoms with Gasteiger partial charge >= 0.3 is 13.8 Å². The average Bonchev–Trinajstić information content (AvgIpc) is 3.07. The molecule has 8 nitrogen and oxygen atoms in total. The fourth-order valence-electron chi connectivity index (χ4n) is 6.00. The van der Waals surface area contributed by atoms with Crippen LogP contribution in [0.2, 0.25) is 0 Å². The van der Waals surface area contributed by atoms with Gasteiger partial charge < -0.3 is 20.1 Å². The molecule has 0 fully saturated rings. The summed E-state index contributed by atoms with van der Waals surface area (Å²) in [4.78, 5) is 22.3. The molecule has 1 unspecified atom stereocenters. The van der Waals surface area contributed by atoms with Gasteiger partial charge in [-0.3, -0.25) is 13.8 Å². The molecular weight excluding hydrogens is 625 g/mol. The highest BCUT2D eigenvalue weighted by Gasteiger charge is 2.25. The van der Waals surface area contributed by atoms with Crippen molar-refractivity contribution in [3.05, 3.63) is 0 Å². The lowest BCUT2D eigenvalue weighted by Crippen LogP contribution is -2.28. The standard InChI is InChI=1S/C39H80NO7P/c1-3-5-7-9-11-13-14-15-16-17-18-19-20-21-22-23-25-27-29-31-34-44-36-38(37-46-48(42,43)45-35-33-40)47-39(41)32-30-28-26-24-12-10-8-6-4-2/h38H,3-37,40H2,1-2H3,(H,42,43)/t38-/m1/s1. The van der Waals surface area contributed by atoms with Gasteiger partial charge in [0.15, 0.2) is 0 Å². The van der Waals surface area contributed by atoms with E-state index in [9.17, 15) is 14.3 Å². The SMILES string of the molecule is CCCCCCCCCCCCCCCCCCCCCCOC[C@H](COP(=O)(O)OCCN)OC(=O)CCCCCCCCCCC. The zero-order chi connectivity index (χ0) is 35.2. The van der Waals surface area contributed by atoms with Crippen molar-refractivity contribution in [3.8, 4) is 0 Å². The number of ether oxygens (including phenoxy) is 2. The molecule has 0 bridgehead atoms. The molecule has 0 saturated heterocycles. The van der Waals surface area contributed by atoms with Gasteiger partial charge in [0.25, 0.3) is 0 Å². The van der Waals surface area contributed by atoms with Gasteiger partial charge in [0.2, 0.25) is 0 Å². The molecule has 48 heavy (non-hydrogen) atoms. The third-order valence-corrected chi connectivity index (χ3v) is 10.0. The van der Waals surface area contributed by atoms with Crippen LogP contribution in [0.1, 0.15) is 206 Å². The lowest BCUT2D eigenvalue weighted by atomic mass is 10.0. The molecule has 0 rings (SSSR count). The molecule has 0 heterocycles. The second-order valence-electron chi connectivity index (χ2n) is 13.9. The minimum atomic E-state index is -4.26. The van der Waals surface area contributed by atoms with Gasteiger partial charge in [0, 0.05) is 19.6 Å². The number of hydrogen-bond acceptors (Lipinski definition) is 7. The number of unbranched alkanes of at least 4 members (excludes halogenated alkanes) is 27. The number of rotatable bonds is 40. The normalized spacial score (nSPS) is 13.5. The van der Waals surface area contributed by atoms with Crippen molar-refractivity contribution in [1.29, 1.82) is 0 Å². The second kappa shape index (κ2) is 37.7. The summed E-state index contributed by atoms with van der Waals surface area (Å²) in [6, 6.07) is 0. The largest absolute Gasteiger partial charge is 0.472 e. The predicted octanol–water partition coefficient (Wildman–Crippen LogP) is 11.7. The Hall–Kier alpha value is -0.500. The maximum absolute atomic E-state index is 12.5. The summed E-state index contributed by atoms with van der Waals surface area (Å²) in [5, 5.41) is 0. The van der Waals surface area contributed by atoms with Crippen LogP contribution in [0.15, 0.2) is 0 Å². The Kier molecular flexibility index (Phi) is 37.4. The highest BCUT2D eigenvalue weighted by atomic mass is 31.2. The maximum atomic E-state index is 12.5. The number of esters is 1. The van der Waals surface area contributed by atoms with E-state index in [4.69, 9.17) is 24.3 Å². The van der Waals surface area contributed by atoms with Crippen molar-refractivity contribution in [2.24, 2.45) is 5.73 Å². The molecule has 0 aliphatic rings. The lowest BCUT2D eigenvalue weighted by Gasteiger charge is -2.20. The Morgan fingerprint density at radius 3 is 1.31 bits per heavy atom. The Labute approximate surface area is 297 Å². The monoisotopic (exact) mass is 706 g/mol. The minimum Gasteiger partial charge on any atom is -0.457 e. The van der Waals surface area contributed by atoms with Crippen LogP contribution in [-0.2, 0) is 27.9 Å². The van der Waals surface area contributed by atoms with Crippen molar-refractivity contribution in [2.45, 2.75) is 213 Å². The molecule has 0 aliphatic carbocycles. The molecule has 0 aromatic heterocycles. The molecule has 0 amide bonds. The number of carbonyl (C=O) groups excluding carboxylic acids is 1. The summed E-state index contributed by atoms with van der Waals surface area (Å²) in [7, 11) is -4.26. The van der Waals surface area contributed by atoms with Crippen LogP contribution in [0.3, 0.4) is 0 Å². The van der Waals surface area contributed by atoms with E-state index in [2.05, 4.69) is 13.8 Å². The quantitative estimate of drug-likeness (QED) is 0.0367. The predicted molar refractivity (Wildman–Crippen MR) is 201 cm³/mol. The summed E-state index contributed by atoms with van der Waals surface area (Å²) in [5.41, 5.74) is 5.35. The number of hydrogen-bond donors (Lipinski definition) is 2. The van der Waals surface area contributed by atoms with Crippen molar-refractivity contribution < 1.29 is 32.8 Å². The van der Waals surface area contributed by atoms with E-state index in [0.717, 1.165) is 32.1 Å². The van der Waals surface area contributed by atoms with Crippen LogP contribution in [0.5, 0.6) is 0 Å². The number of nitrogens with two attached hydrogens (primary N) is 1. The van der Waals surface area contributed by atoms with Crippen LogP contribution in [0, 0.1) is 0 Å². The van der Waals surface area contributed by atoms with Gasteiger partial charge in [-0.05, 0) is 12.8 Å². The smallest absolute Gasteiger partial charge is 0.457 e. The highest BCUT2D eigenvalue weighted by molar-refractivity contribution is 7.47. The molecule has 288 valence electrons. The van der Waals surface area contributed by atoms with Gasteiger partial charge in [0.1, 0.15) is 6.10 Å². The highest BCUT2D eigenvalue weighted by Crippen LogP contribution is 2.43. The third kappa shape index (κ3) is 36.8. The van der Waals surface area contributed by atoms with Gasteiger partial charge in [-0.15, -0.1) is 0 Å². The van der Waals surface area contributed by atoms with E-state index in [0.29, 0.717) is 13.0 Å². The van der Waals surface area contributed by atoms with Crippen molar-refractivity contribution in [1.82, 2.24) is 0 Å². The van der Waals surface area contributed by atoms with Crippen molar-refractivity contribution in [3.63, 3.8) is 0 Å². The van der Waals surface area contributed by atoms with Gasteiger partial charge in [-0.2, -0.15) is 0 Å². The molecule has 0 saturated carbocycles. The lowest BCUT2D eigenvalue weighted by molar-refractivity contribution is -0.154. The Morgan fingerprint density at radius 2 is 0.917 bits per heavy atom. The molecule has 2 atom stereocenters. The molecule has 0 radical (unpaired) electrons. The number of carbonyl (C=O) groups is 1. The molecule has 9 heteroatoms. The minimum absolute atomic E-state index is 0.0905. The molecule has 0 aromatic carbocycles. The molecule has 0 spiro atoms. The van der Waals surface area contributed by atoms with Crippen LogP contribution in [0.4, 0.5) is 0 Å². The van der Waals surface area contributed by atoms with E-state index >= 15 is 0 Å². The Bertz CT molecular complexity index is 712. The third-order valence-electron chi connectivity index (χ3n) is 9.02. The first-order valence-electron chi connectivity index (χ1n) is 20.5. The van der Waals surface area contributed by atoms with E-state index in [-0.39, 0.29) is 32.3 Å². The van der Waals surface area contributed by atoms with E-state index in [1.54, 1.807) is 0 Å². The summed E-state index contributed by atoms with van der Waals surface area (Å²) < 4.78 is 33.3. The van der Waals surface area contributed by atoms with Crippen molar-refractivity contribution in [2.75, 3.05) is 33.0 Å². The van der Waals surface area contributed by atoms with Gasteiger partial charge in [-0.25, -0.2) is 4.57 Å². The number of phosphoric acid groups is 1. The summed E-state index contributed by atoms with van der Waals surface area (Å²) in [5.74, 6) is -0.329. The van der Waals surface area contributed by atoms with E-state index in [1.807, 2.05) is 0 Å². The Morgan fingerprint density at radius 1 is 0.542 bits per heavy atom. The van der Waals surface area contributed by atoms with E-state index < -0.39 is 13.9 Å². The average molecular weight is 706 g/mol.